The lowest BCUT2D eigenvalue weighted by Gasteiger charge is -2.13. The molecular weight excluding hydrogens is 576 g/mol. The van der Waals surface area contributed by atoms with Gasteiger partial charge in [-0.25, -0.2) is 10.5 Å². The van der Waals surface area contributed by atoms with Crippen molar-refractivity contribution in [2.24, 2.45) is 20.5 Å². The predicted molar refractivity (Wildman–Crippen MR) is 138 cm³/mol. The Morgan fingerprint density at radius 3 is 1.79 bits per heavy atom. The summed E-state index contributed by atoms with van der Waals surface area (Å²) in [6, 6.07) is 19.0. The Morgan fingerprint density at radius 2 is 1.23 bits per heavy atom. The van der Waals surface area contributed by atoms with Gasteiger partial charge in [-0.05, 0) is 60.0 Å². The van der Waals surface area contributed by atoms with Crippen LogP contribution in [-0.2, 0) is 28.9 Å². The maximum absolute atomic E-state index is 11.7. The number of phenolic OH excluding ortho intramolecular Hbond substituents is 1. The van der Waals surface area contributed by atoms with Crippen LogP contribution in [-0.4, -0.2) is 28.6 Å². The number of hydrogen-bond donors (Lipinski definition) is 4. The maximum Gasteiger partial charge on any atom is 0.294 e. The third-order valence-corrected chi connectivity index (χ3v) is 6.93. The third kappa shape index (κ3) is 7.34. The fourth-order valence-electron chi connectivity index (χ4n) is 3.21. The molecule has 202 valence electrons. The lowest BCUT2D eigenvalue weighted by atomic mass is 10.1. The zero-order chi connectivity index (χ0) is 27.8. The van der Waals surface area contributed by atoms with Gasteiger partial charge in [0, 0.05) is 5.39 Å². The maximum atomic E-state index is 11.7. The van der Waals surface area contributed by atoms with Gasteiger partial charge in [0.2, 0.25) is 0 Å². The molecule has 0 bridgehead atoms. The fourth-order valence-corrected chi connectivity index (χ4v) is 4.89. The van der Waals surface area contributed by atoms with Gasteiger partial charge in [0.15, 0.2) is 5.75 Å². The van der Waals surface area contributed by atoms with E-state index >= 15 is 0 Å². The number of benzene rings is 4. The second kappa shape index (κ2) is 13.0. The minimum atomic E-state index is -4.68. The summed E-state index contributed by atoms with van der Waals surface area (Å²) in [6.45, 7) is 0. The van der Waals surface area contributed by atoms with Crippen molar-refractivity contribution in [2.75, 3.05) is 0 Å². The standard InChI is InChI=1S/C22H16N4O10S3/c27-22-20-13(10-17(39(30,31)32)12-18(20)37-35-33-28)11-19(38-36-34-29)21(22)26-25-16-8-6-15(7-9-16)24-23-14-4-2-1-3-5-14/h1-12,27-29H,(H,30,31,32). The van der Waals surface area contributed by atoms with Crippen LogP contribution in [0.4, 0.5) is 22.7 Å². The first-order valence-electron chi connectivity index (χ1n) is 10.4. The molecule has 14 nitrogen and oxygen atoms in total. The molecular formula is C22H16N4O10S3. The molecule has 0 atom stereocenters. The molecule has 4 aromatic rings. The first-order chi connectivity index (χ1) is 18.8. The smallest absolute Gasteiger partial charge is 0.294 e. The molecule has 4 N–H and O–H groups in total. The van der Waals surface area contributed by atoms with E-state index in [1.165, 1.54) is 6.07 Å². The zero-order valence-corrected chi connectivity index (χ0v) is 21.6. The molecule has 0 aliphatic heterocycles. The highest BCUT2D eigenvalue weighted by Gasteiger charge is 2.22. The quantitative estimate of drug-likeness (QED) is 0.0440. The molecule has 0 aromatic heterocycles. The van der Waals surface area contributed by atoms with E-state index in [9.17, 15) is 18.1 Å². The minimum Gasteiger partial charge on any atom is -0.505 e. The molecule has 0 spiro atoms. The van der Waals surface area contributed by atoms with Gasteiger partial charge in [0.05, 0.1) is 55.8 Å². The van der Waals surface area contributed by atoms with E-state index in [1.807, 2.05) is 18.2 Å². The van der Waals surface area contributed by atoms with E-state index in [0.29, 0.717) is 41.1 Å². The first-order valence-corrected chi connectivity index (χ1v) is 13.3. The van der Waals surface area contributed by atoms with Crippen molar-refractivity contribution in [3.8, 4) is 5.75 Å². The van der Waals surface area contributed by atoms with Gasteiger partial charge < -0.3 is 5.11 Å². The van der Waals surface area contributed by atoms with Crippen LogP contribution in [0.25, 0.3) is 10.8 Å². The Morgan fingerprint density at radius 1 is 0.692 bits per heavy atom. The van der Waals surface area contributed by atoms with Crippen molar-refractivity contribution in [2.45, 2.75) is 14.7 Å². The largest absolute Gasteiger partial charge is 0.505 e. The van der Waals surface area contributed by atoms with Gasteiger partial charge in [-0.15, -0.1) is 13.8 Å². The zero-order valence-electron chi connectivity index (χ0n) is 19.2. The van der Waals surface area contributed by atoms with Gasteiger partial charge >= 0.3 is 0 Å². The normalized spacial score (nSPS) is 12.2. The molecule has 4 rings (SSSR count). The second-order valence-corrected chi connectivity index (χ2v) is 10.2. The molecule has 0 radical (unpaired) electrons. The molecule has 0 unspecified atom stereocenters. The Balaban J connectivity index is 1.73. The minimum absolute atomic E-state index is 0.00402. The van der Waals surface area contributed by atoms with Crippen molar-refractivity contribution >= 4 is 67.7 Å². The summed E-state index contributed by atoms with van der Waals surface area (Å²) in [6.07, 6.45) is 0. The van der Waals surface area contributed by atoms with E-state index < -0.39 is 20.8 Å². The van der Waals surface area contributed by atoms with Crippen LogP contribution in [0.3, 0.4) is 0 Å². The van der Waals surface area contributed by atoms with Crippen molar-refractivity contribution in [3.63, 3.8) is 0 Å². The number of aromatic hydroxyl groups is 1. The van der Waals surface area contributed by atoms with E-state index in [0.717, 1.165) is 12.1 Å². The molecule has 17 heteroatoms. The number of nitrogens with zero attached hydrogens (tertiary/aromatic N) is 4. The van der Waals surface area contributed by atoms with Crippen LogP contribution >= 0.6 is 24.1 Å². The number of hydrogen-bond acceptors (Lipinski definition) is 15. The highest BCUT2D eigenvalue weighted by atomic mass is 32.2. The van der Waals surface area contributed by atoms with Gasteiger partial charge in [-0.2, -0.15) is 23.8 Å². The number of azo groups is 2. The van der Waals surface area contributed by atoms with Crippen LogP contribution in [0.5, 0.6) is 5.75 Å². The Hall–Kier alpha value is -3.49. The molecule has 4 aromatic carbocycles. The van der Waals surface area contributed by atoms with Gasteiger partial charge in [-0.1, -0.05) is 28.3 Å². The lowest BCUT2D eigenvalue weighted by molar-refractivity contribution is -0.432. The predicted octanol–water partition coefficient (Wildman–Crippen LogP) is 7.48. The van der Waals surface area contributed by atoms with Crippen LogP contribution in [0.15, 0.2) is 108 Å². The second-order valence-electron chi connectivity index (χ2n) is 7.27. The van der Waals surface area contributed by atoms with Gasteiger partial charge in [0.25, 0.3) is 10.1 Å². The first kappa shape index (κ1) is 28.5. The average Bonchev–Trinajstić information content (AvgIpc) is 2.93. The number of rotatable bonds is 11. The molecule has 0 heterocycles. The molecule has 0 saturated carbocycles. The average molecular weight is 593 g/mol. The van der Waals surface area contributed by atoms with E-state index in [2.05, 4.69) is 39.2 Å². The van der Waals surface area contributed by atoms with Crippen molar-refractivity contribution in [1.29, 1.82) is 0 Å². The summed E-state index contributed by atoms with van der Waals surface area (Å²) in [7, 11) is -4.68. The van der Waals surface area contributed by atoms with Crippen molar-refractivity contribution < 1.29 is 47.3 Å². The van der Waals surface area contributed by atoms with Gasteiger partial charge in [0.1, 0.15) is 5.69 Å². The van der Waals surface area contributed by atoms with Crippen LogP contribution in [0.1, 0.15) is 0 Å². The third-order valence-electron chi connectivity index (χ3n) is 4.85. The van der Waals surface area contributed by atoms with Crippen LogP contribution in [0, 0.1) is 0 Å². The van der Waals surface area contributed by atoms with Crippen LogP contribution in [0.2, 0.25) is 0 Å². The van der Waals surface area contributed by atoms with Crippen molar-refractivity contribution in [1.82, 2.24) is 0 Å². The highest BCUT2D eigenvalue weighted by molar-refractivity contribution is 7.95. The molecule has 0 aliphatic carbocycles. The number of phenols is 1. The topological polar surface area (TPSA) is 201 Å². The summed E-state index contributed by atoms with van der Waals surface area (Å²) in [5.41, 5.74) is 1.45. The number of fused-ring (bicyclic) bond motifs is 1. The summed E-state index contributed by atoms with van der Waals surface area (Å²) < 4.78 is 41.9. The molecule has 0 saturated heterocycles. The van der Waals surface area contributed by atoms with Crippen molar-refractivity contribution in [3.05, 3.63) is 72.8 Å². The molecule has 0 amide bonds. The molecule has 39 heavy (non-hydrogen) atoms. The SMILES string of the molecule is O=S(=O)(O)c1cc(SOOO)c2c(O)c(N=Nc3ccc(N=Nc4ccccc4)cc3)c(SOOO)cc2c1. The molecule has 0 fully saturated rings. The van der Waals surface area contributed by atoms with Gasteiger partial charge in [-0.3, -0.25) is 4.55 Å². The Bertz CT molecular complexity index is 1620. The fraction of sp³-hybridized carbons (Fsp3) is 0. The summed E-state index contributed by atoms with van der Waals surface area (Å²) in [4.78, 5) is -0.589. The monoisotopic (exact) mass is 592 g/mol. The Labute approximate surface area is 228 Å². The summed E-state index contributed by atoms with van der Waals surface area (Å²) in [5.74, 6) is -0.514. The van der Waals surface area contributed by atoms with E-state index in [-0.39, 0.29) is 26.3 Å². The van der Waals surface area contributed by atoms with E-state index in [4.69, 9.17) is 10.5 Å². The van der Waals surface area contributed by atoms with E-state index in [1.54, 1.807) is 36.4 Å². The lowest BCUT2D eigenvalue weighted by Crippen LogP contribution is -1.99. The Kier molecular flexibility index (Phi) is 9.54. The summed E-state index contributed by atoms with van der Waals surface area (Å²) in [5, 5.41) is 51.9. The molecule has 0 aliphatic rings. The summed E-state index contributed by atoms with van der Waals surface area (Å²) >= 11 is 0.771. The van der Waals surface area contributed by atoms with Crippen LogP contribution < -0.4 is 0 Å². The highest BCUT2D eigenvalue weighted by Crippen LogP contribution is 2.47.